The van der Waals surface area contributed by atoms with E-state index in [9.17, 15) is 9.36 Å². The van der Waals surface area contributed by atoms with E-state index in [0.717, 1.165) is 22.1 Å². The fraction of sp³-hybridized carbons (Fsp3) is 0.476. The summed E-state index contributed by atoms with van der Waals surface area (Å²) in [6.07, 6.45) is 1.40. The van der Waals surface area contributed by atoms with E-state index in [2.05, 4.69) is 24.3 Å². The molecule has 2 rings (SSSR count). The largest absolute Gasteiger partial charge is 0.466 e. The minimum Gasteiger partial charge on any atom is -0.466 e. The molecule has 0 heterocycles. The average Bonchev–Trinajstić information content (AvgIpc) is 2.69. The molecule has 0 aliphatic heterocycles. The van der Waals surface area contributed by atoms with E-state index in [1.165, 1.54) is 0 Å². The fourth-order valence-corrected chi connectivity index (χ4v) is 5.67. The monoisotopic (exact) mass is 408 g/mol. The molecule has 4 nitrogen and oxygen atoms in total. The minimum absolute atomic E-state index is 0.310. The fourth-order valence-electron chi connectivity index (χ4n) is 3.27. The normalized spacial score (nSPS) is 15.1. The highest BCUT2D eigenvalue weighted by Gasteiger charge is 2.44. The molecule has 0 spiro atoms. The van der Waals surface area contributed by atoms with E-state index < -0.39 is 19.7 Å². The molecule has 2 aromatic rings. The Bertz CT molecular complexity index is 761. The van der Waals surface area contributed by atoms with Gasteiger partial charge < -0.3 is 14.0 Å². The summed E-state index contributed by atoms with van der Waals surface area (Å²) in [5.74, 6) is -0.371. The van der Waals surface area contributed by atoms with Gasteiger partial charge in [-0.3, -0.25) is 4.79 Å². The first-order valence-corrected chi connectivity index (χ1v) is 11.5. The van der Waals surface area contributed by atoms with Crippen LogP contribution >= 0.6 is 20.2 Å². The average molecular weight is 409 g/mol. The van der Waals surface area contributed by atoms with Crippen molar-refractivity contribution in [2.24, 2.45) is 5.92 Å². The molecule has 27 heavy (non-hydrogen) atoms. The van der Waals surface area contributed by atoms with Crippen molar-refractivity contribution >= 4 is 37.0 Å². The molecule has 0 saturated heterocycles. The highest BCUT2D eigenvalue weighted by atomic mass is 32.2. The van der Waals surface area contributed by atoms with Gasteiger partial charge in [-0.25, -0.2) is 0 Å². The molecule has 3 atom stereocenters. The molecule has 0 saturated carbocycles. The van der Waals surface area contributed by atoms with Crippen LogP contribution in [0.2, 0.25) is 0 Å². The summed E-state index contributed by atoms with van der Waals surface area (Å²) in [4.78, 5) is 13.7. The number of benzene rings is 2. The maximum Gasteiger partial charge on any atom is 0.312 e. The Morgan fingerprint density at radius 3 is 2.52 bits per heavy atom. The third kappa shape index (κ3) is 5.37. The molecule has 0 N–H and O–H groups in total. The van der Waals surface area contributed by atoms with Crippen LogP contribution < -0.4 is 0 Å². The van der Waals surface area contributed by atoms with Crippen molar-refractivity contribution in [2.75, 3.05) is 19.0 Å². The maximum absolute atomic E-state index is 12.6. The van der Waals surface area contributed by atoms with Gasteiger partial charge in [-0.2, -0.15) is 0 Å². The SMILES string of the molecule is CCCC(C(=O)OCC)C(CSc1cccc2ccccc12)(OCC)[PH2]=O. The van der Waals surface area contributed by atoms with Crippen molar-refractivity contribution in [3.63, 3.8) is 0 Å². The van der Waals surface area contributed by atoms with E-state index >= 15 is 0 Å². The topological polar surface area (TPSA) is 52.6 Å². The number of rotatable bonds is 11. The van der Waals surface area contributed by atoms with E-state index in [0.29, 0.717) is 25.4 Å². The van der Waals surface area contributed by atoms with Crippen LogP contribution in [0.3, 0.4) is 0 Å². The first-order valence-electron chi connectivity index (χ1n) is 9.49. The van der Waals surface area contributed by atoms with Crippen molar-refractivity contribution in [3.8, 4) is 0 Å². The third-order valence-electron chi connectivity index (χ3n) is 4.55. The van der Waals surface area contributed by atoms with Gasteiger partial charge >= 0.3 is 5.97 Å². The van der Waals surface area contributed by atoms with E-state index in [4.69, 9.17) is 9.47 Å². The lowest BCUT2D eigenvalue weighted by atomic mass is 9.97. The molecular weight excluding hydrogens is 379 g/mol. The van der Waals surface area contributed by atoms with E-state index in [1.807, 2.05) is 32.0 Å². The molecule has 0 radical (unpaired) electrons. The summed E-state index contributed by atoms with van der Waals surface area (Å²) < 4.78 is 23.7. The zero-order valence-electron chi connectivity index (χ0n) is 16.3. The Morgan fingerprint density at radius 1 is 1.11 bits per heavy atom. The molecule has 0 aliphatic carbocycles. The maximum atomic E-state index is 12.6. The second-order valence-corrected chi connectivity index (χ2v) is 8.60. The number of ether oxygens (including phenoxy) is 2. The molecule has 148 valence electrons. The number of thioether (sulfide) groups is 1. The van der Waals surface area contributed by atoms with Crippen molar-refractivity contribution in [1.29, 1.82) is 0 Å². The van der Waals surface area contributed by atoms with Crippen molar-refractivity contribution in [3.05, 3.63) is 42.5 Å². The summed E-state index contributed by atoms with van der Waals surface area (Å²) in [6.45, 7) is 6.40. The third-order valence-corrected chi connectivity index (χ3v) is 7.28. The molecule has 0 aliphatic rings. The second-order valence-electron chi connectivity index (χ2n) is 6.37. The Labute approximate surface area is 167 Å². The van der Waals surface area contributed by atoms with Crippen LogP contribution in [0.4, 0.5) is 0 Å². The Morgan fingerprint density at radius 2 is 1.85 bits per heavy atom. The number of carbonyl (C=O) groups excluding carboxylic acids is 1. The van der Waals surface area contributed by atoms with Gasteiger partial charge in [0.05, 0.1) is 21.0 Å². The van der Waals surface area contributed by atoms with Crippen LogP contribution in [0.15, 0.2) is 47.4 Å². The van der Waals surface area contributed by atoms with Crippen LogP contribution in [-0.4, -0.2) is 30.3 Å². The zero-order chi connectivity index (χ0) is 19.7. The van der Waals surface area contributed by atoms with Crippen molar-refractivity contribution in [2.45, 2.75) is 43.9 Å². The zero-order valence-corrected chi connectivity index (χ0v) is 18.2. The molecule has 0 fully saturated rings. The van der Waals surface area contributed by atoms with Crippen LogP contribution in [0.5, 0.6) is 0 Å². The molecule has 0 amide bonds. The number of hydrogen-bond acceptors (Lipinski definition) is 5. The predicted octanol–water partition coefficient (Wildman–Crippen LogP) is 5.40. The quantitative estimate of drug-likeness (QED) is 0.283. The van der Waals surface area contributed by atoms with Gasteiger partial charge in [0.25, 0.3) is 0 Å². The van der Waals surface area contributed by atoms with Crippen LogP contribution in [-0.2, 0) is 18.8 Å². The summed E-state index contributed by atoms with van der Waals surface area (Å²) in [5, 5.41) is 1.33. The summed E-state index contributed by atoms with van der Waals surface area (Å²) in [5.41, 5.74) is 0. The number of fused-ring (bicyclic) bond motifs is 1. The Kier molecular flexibility index (Phi) is 8.88. The van der Waals surface area contributed by atoms with Crippen molar-refractivity contribution in [1.82, 2.24) is 0 Å². The van der Waals surface area contributed by atoms with Gasteiger partial charge in [0, 0.05) is 17.3 Å². The van der Waals surface area contributed by atoms with Gasteiger partial charge in [-0.15, -0.1) is 11.8 Å². The van der Waals surface area contributed by atoms with E-state index in [1.54, 1.807) is 18.7 Å². The van der Waals surface area contributed by atoms with E-state index in [-0.39, 0.29) is 5.97 Å². The number of esters is 1. The molecular formula is C21H29O4PS. The highest BCUT2D eigenvalue weighted by molar-refractivity contribution is 7.99. The minimum atomic E-state index is -1.32. The molecule has 3 unspecified atom stereocenters. The molecule has 0 aromatic heterocycles. The Balaban J connectivity index is 2.33. The second kappa shape index (κ2) is 10.9. The summed E-state index contributed by atoms with van der Waals surface area (Å²) in [7, 11) is -1.32. The van der Waals surface area contributed by atoms with Gasteiger partial charge in [0.1, 0.15) is 5.34 Å². The van der Waals surface area contributed by atoms with Crippen molar-refractivity contribution < 1.29 is 18.8 Å². The van der Waals surface area contributed by atoms with Gasteiger partial charge in [-0.1, -0.05) is 49.7 Å². The lowest BCUT2D eigenvalue weighted by Gasteiger charge is -2.35. The lowest BCUT2D eigenvalue weighted by Crippen LogP contribution is -2.43. The van der Waals surface area contributed by atoms with Crippen LogP contribution in [0.1, 0.15) is 33.6 Å². The van der Waals surface area contributed by atoms with Crippen LogP contribution in [0.25, 0.3) is 10.8 Å². The van der Waals surface area contributed by atoms with Gasteiger partial charge in [0.15, 0.2) is 0 Å². The summed E-state index contributed by atoms with van der Waals surface area (Å²) >= 11 is 1.60. The molecule has 6 heteroatoms. The highest BCUT2D eigenvalue weighted by Crippen LogP contribution is 2.42. The smallest absolute Gasteiger partial charge is 0.312 e. The lowest BCUT2D eigenvalue weighted by molar-refractivity contribution is -0.155. The van der Waals surface area contributed by atoms with Gasteiger partial charge in [0.2, 0.25) is 0 Å². The predicted molar refractivity (Wildman–Crippen MR) is 114 cm³/mol. The summed E-state index contributed by atoms with van der Waals surface area (Å²) in [6, 6.07) is 14.3. The Hall–Kier alpha value is -1.29. The van der Waals surface area contributed by atoms with Gasteiger partial charge in [-0.05, 0) is 37.1 Å². The van der Waals surface area contributed by atoms with Crippen LogP contribution in [0, 0.1) is 5.92 Å². The number of carbonyl (C=O) groups is 1. The molecule has 0 bridgehead atoms. The standard InChI is InChI=1S/C21H29O4PS/c1-4-10-18(20(22)24-5-2)21(26-23,25-6-3)15-27-19-14-9-12-16-11-7-8-13-17(16)19/h7-9,11-14,18H,4-6,10,15,26H2,1-3H3. The molecule has 2 aromatic carbocycles. The number of hydrogen-bond donors (Lipinski definition) is 0. The first-order chi connectivity index (χ1) is 13.1. The first kappa shape index (κ1) is 22.0.